The van der Waals surface area contributed by atoms with Gasteiger partial charge >= 0.3 is 5.97 Å². The number of fused-ring (bicyclic) bond motifs is 1. The van der Waals surface area contributed by atoms with Crippen molar-refractivity contribution in [1.82, 2.24) is 4.90 Å². The maximum absolute atomic E-state index is 12.7. The summed E-state index contributed by atoms with van der Waals surface area (Å²) in [4.78, 5) is 51.4. The summed E-state index contributed by atoms with van der Waals surface area (Å²) in [6, 6.07) is 20.0. The summed E-state index contributed by atoms with van der Waals surface area (Å²) in [5.41, 5.74) is 2.55. The number of nitriles is 1. The Morgan fingerprint density at radius 3 is 2.19 bits per heavy atom. The van der Waals surface area contributed by atoms with E-state index in [0.717, 1.165) is 10.5 Å². The summed E-state index contributed by atoms with van der Waals surface area (Å²) in [7, 11) is 1.39. The lowest BCUT2D eigenvalue weighted by Gasteiger charge is -2.16. The molecule has 1 N–H and O–H groups in total. The maximum atomic E-state index is 12.7. The number of carbonyl (C=O) groups is 4. The Hall–Kier alpha value is -4.97. The lowest BCUT2D eigenvalue weighted by Crippen LogP contribution is -2.29. The molecule has 3 aromatic rings. The Kier molecular flexibility index (Phi) is 7.07. The second-order valence-electron chi connectivity index (χ2n) is 7.93. The summed E-state index contributed by atoms with van der Waals surface area (Å²) < 4.78 is 10.4. The largest absolute Gasteiger partial charge is 0.496 e. The van der Waals surface area contributed by atoms with Crippen molar-refractivity contribution < 1.29 is 28.7 Å². The van der Waals surface area contributed by atoms with Crippen LogP contribution in [0.5, 0.6) is 5.75 Å². The molecule has 0 spiro atoms. The molecule has 0 bridgehead atoms. The van der Waals surface area contributed by atoms with Gasteiger partial charge in [-0.15, -0.1) is 0 Å². The number of nitrogens with one attached hydrogen (secondary N) is 1. The summed E-state index contributed by atoms with van der Waals surface area (Å²) in [5.74, 6) is -1.94. The van der Waals surface area contributed by atoms with Crippen LogP contribution in [0, 0.1) is 11.3 Å². The first-order valence-electron chi connectivity index (χ1n) is 11.0. The van der Waals surface area contributed by atoms with E-state index in [1.54, 1.807) is 54.6 Å². The number of nitrogens with zero attached hydrogens (tertiary/aromatic N) is 2. The van der Waals surface area contributed by atoms with E-state index in [9.17, 15) is 19.2 Å². The van der Waals surface area contributed by atoms with E-state index in [-0.39, 0.29) is 24.3 Å². The van der Waals surface area contributed by atoms with E-state index < -0.39 is 30.3 Å². The van der Waals surface area contributed by atoms with Crippen LogP contribution in [0.3, 0.4) is 0 Å². The van der Waals surface area contributed by atoms with Gasteiger partial charge in [-0.1, -0.05) is 30.3 Å². The van der Waals surface area contributed by atoms with Crippen LogP contribution in [0.2, 0.25) is 0 Å². The van der Waals surface area contributed by atoms with Gasteiger partial charge in [0, 0.05) is 5.69 Å². The first kappa shape index (κ1) is 24.2. The van der Waals surface area contributed by atoms with Gasteiger partial charge in [-0.25, -0.2) is 4.79 Å². The highest BCUT2D eigenvalue weighted by Crippen LogP contribution is 2.26. The van der Waals surface area contributed by atoms with Crippen molar-refractivity contribution >= 4 is 29.4 Å². The summed E-state index contributed by atoms with van der Waals surface area (Å²) in [6.07, 6.45) is 0.264. The fourth-order valence-corrected chi connectivity index (χ4v) is 3.78. The smallest absolute Gasteiger partial charge is 0.342 e. The molecule has 0 aromatic heterocycles. The molecule has 1 heterocycles. The van der Waals surface area contributed by atoms with Gasteiger partial charge in [0.05, 0.1) is 37.3 Å². The minimum absolute atomic E-state index is 0.0428. The normalized spacial score (nSPS) is 12.1. The lowest BCUT2D eigenvalue weighted by atomic mass is 10.1. The Morgan fingerprint density at radius 1 is 0.944 bits per heavy atom. The van der Waals surface area contributed by atoms with Crippen LogP contribution in [0.1, 0.15) is 42.2 Å². The maximum Gasteiger partial charge on any atom is 0.342 e. The predicted octanol–water partition coefficient (Wildman–Crippen LogP) is 3.35. The van der Waals surface area contributed by atoms with E-state index in [2.05, 4.69) is 5.32 Å². The van der Waals surface area contributed by atoms with Crippen molar-refractivity contribution in [2.24, 2.45) is 0 Å². The van der Waals surface area contributed by atoms with Crippen LogP contribution >= 0.6 is 0 Å². The minimum Gasteiger partial charge on any atom is -0.496 e. The average molecular weight is 483 g/mol. The number of imide groups is 1. The molecule has 0 radical (unpaired) electrons. The van der Waals surface area contributed by atoms with Crippen molar-refractivity contribution in [2.45, 2.75) is 13.0 Å². The van der Waals surface area contributed by atoms with E-state index in [1.807, 2.05) is 6.07 Å². The van der Waals surface area contributed by atoms with Crippen molar-refractivity contribution in [3.05, 3.63) is 94.5 Å². The molecule has 3 aromatic carbocycles. The van der Waals surface area contributed by atoms with E-state index in [1.165, 1.54) is 19.2 Å². The van der Waals surface area contributed by atoms with Crippen LogP contribution in [-0.4, -0.2) is 42.3 Å². The molecular weight excluding hydrogens is 462 g/mol. The monoisotopic (exact) mass is 483 g/mol. The molecule has 0 unspecified atom stereocenters. The lowest BCUT2D eigenvalue weighted by molar-refractivity contribution is -0.119. The van der Waals surface area contributed by atoms with Crippen LogP contribution in [0.25, 0.3) is 0 Å². The van der Waals surface area contributed by atoms with Crippen LogP contribution in [0.4, 0.5) is 5.69 Å². The van der Waals surface area contributed by atoms with Gasteiger partial charge in [0.2, 0.25) is 0 Å². The molecule has 0 saturated carbocycles. The molecule has 4 rings (SSSR count). The third kappa shape index (κ3) is 5.08. The number of anilines is 1. The predicted molar refractivity (Wildman–Crippen MR) is 128 cm³/mol. The van der Waals surface area contributed by atoms with Crippen LogP contribution in [0.15, 0.2) is 66.7 Å². The van der Waals surface area contributed by atoms with Crippen LogP contribution < -0.4 is 10.1 Å². The van der Waals surface area contributed by atoms with Crippen molar-refractivity contribution in [2.75, 3.05) is 19.0 Å². The zero-order chi connectivity index (χ0) is 25.7. The first-order valence-corrected chi connectivity index (χ1v) is 11.0. The summed E-state index contributed by atoms with van der Waals surface area (Å²) in [5, 5.41) is 11.3. The highest BCUT2D eigenvalue weighted by Gasteiger charge is 2.35. The van der Waals surface area contributed by atoms with Gasteiger partial charge in [-0.2, -0.15) is 5.26 Å². The van der Waals surface area contributed by atoms with Crippen LogP contribution in [-0.2, 0) is 22.5 Å². The van der Waals surface area contributed by atoms with E-state index >= 15 is 0 Å². The molecule has 1 aliphatic heterocycles. The Labute approximate surface area is 206 Å². The number of hydrogen-bond acceptors (Lipinski definition) is 7. The zero-order valence-electron chi connectivity index (χ0n) is 19.3. The van der Waals surface area contributed by atoms with Gasteiger partial charge in [0.15, 0.2) is 6.61 Å². The molecule has 9 nitrogen and oxygen atoms in total. The highest BCUT2D eigenvalue weighted by atomic mass is 16.5. The number of esters is 1. The minimum atomic E-state index is -0.796. The molecule has 1 aliphatic rings. The van der Waals surface area contributed by atoms with Gasteiger partial charge in [0.1, 0.15) is 11.3 Å². The van der Waals surface area contributed by atoms with Crippen molar-refractivity contribution in [3.63, 3.8) is 0 Å². The SMILES string of the molecule is COc1ccc(CN2C(=O)c3ccccc3C2=O)cc1C(=O)OCC(=O)Nc1ccc(CC#N)cc1. The molecule has 180 valence electrons. The Balaban J connectivity index is 1.41. The molecule has 0 atom stereocenters. The van der Waals surface area contributed by atoms with Gasteiger partial charge in [-0.05, 0) is 47.5 Å². The number of ether oxygens (including phenoxy) is 2. The molecule has 0 aliphatic carbocycles. The van der Waals surface area contributed by atoms with Crippen molar-refractivity contribution in [1.29, 1.82) is 5.26 Å². The molecule has 3 amide bonds. The average Bonchev–Trinajstić information content (AvgIpc) is 3.13. The van der Waals surface area contributed by atoms with Crippen molar-refractivity contribution in [3.8, 4) is 11.8 Å². The fraction of sp³-hybridized carbons (Fsp3) is 0.148. The number of carbonyl (C=O) groups excluding carboxylic acids is 4. The Bertz CT molecular complexity index is 1360. The number of benzene rings is 3. The molecular formula is C27H21N3O6. The van der Waals surface area contributed by atoms with Gasteiger partial charge in [0.25, 0.3) is 17.7 Å². The quantitative estimate of drug-likeness (QED) is 0.385. The summed E-state index contributed by atoms with van der Waals surface area (Å²) in [6.45, 7) is -0.580. The second-order valence-corrected chi connectivity index (χ2v) is 7.93. The molecule has 9 heteroatoms. The van der Waals surface area contributed by atoms with Gasteiger partial charge < -0.3 is 14.8 Å². The number of methoxy groups -OCH3 is 1. The standard InChI is InChI=1S/C27H21N3O6/c1-35-23-11-8-18(15-30-25(32)20-4-2-3-5-21(20)26(30)33)14-22(23)27(34)36-16-24(31)29-19-9-6-17(7-10-19)12-13-28/h2-11,14H,12,15-16H2,1H3,(H,29,31). The zero-order valence-corrected chi connectivity index (χ0v) is 19.3. The number of hydrogen-bond donors (Lipinski definition) is 1. The molecule has 0 fully saturated rings. The molecule has 0 saturated heterocycles. The number of rotatable bonds is 8. The third-order valence-electron chi connectivity index (χ3n) is 5.56. The first-order chi connectivity index (χ1) is 17.4. The van der Waals surface area contributed by atoms with Gasteiger partial charge in [-0.3, -0.25) is 19.3 Å². The fourth-order valence-electron chi connectivity index (χ4n) is 3.78. The number of amides is 3. The third-order valence-corrected chi connectivity index (χ3v) is 5.56. The van der Waals surface area contributed by atoms with E-state index in [0.29, 0.717) is 22.4 Å². The second kappa shape index (κ2) is 10.5. The Morgan fingerprint density at radius 2 is 1.58 bits per heavy atom. The summed E-state index contributed by atoms with van der Waals surface area (Å²) >= 11 is 0. The highest BCUT2D eigenvalue weighted by molar-refractivity contribution is 6.21. The van der Waals surface area contributed by atoms with E-state index in [4.69, 9.17) is 14.7 Å². The topological polar surface area (TPSA) is 126 Å². The molecule has 36 heavy (non-hydrogen) atoms.